The van der Waals surface area contributed by atoms with E-state index in [-0.39, 0.29) is 47.6 Å². The number of ether oxygens (including phenoxy) is 3. The van der Waals surface area contributed by atoms with Crippen molar-refractivity contribution >= 4 is 29.8 Å². The molecule has 0 spiro atoms. The maximum absolute atomic E-state index is 13.8. The number of alkyl carbamates (subject to hydrolysis) is 1. The van der Waals surface area contributed by atoms with Gasteiger partial charge in [-0.1, -0.05) is 58.0 Å². The second kappa shape index (κ2) is 21.4. The van der Waals surface area contributed by atoms with E-state index in [4.69, 9.17) is 25.1 Å². The maximum Gasteiger partial charge on any atom is 0.408 e. The highest BCUT2D eigenvalue weighted by atomic mass is 19.1. The molecule has 2 atom stereocenters. The first-order valence-electron chi connectivity index (χ1n) is 16.2. The number of nitrogens with two attached hydrogens (primary N) is 1. The molecule has 0 saturated heterocycles. The Hall–Kier alpha value is -5.77. The summed E-state index contributed by atoms with van der Waals surface area (Å²) >= 11 is 0. The fraction of sp³-hybridized carbons (Fsp3) is 0.361. The summed E-state index contributed by atoms with van der Waals surface area (Å²) in [5.41, 5.74) is 6.02. The van der Waals surface area contributed by atoms with Crippen molar-refractivity contribution in [1.29, 1.82) is 0 Å². The van der Waals surface area contributed by atoms with Gasteiger partial charge in [0.2, 0.25) is 0 Å². The lowest BCUT2D eigenvalue weighted by Gasteiger charge is -2.16. The van der Waals surface area contributed by atoms with Crippen molar-refractivity contribution in [3.05, 3.63) is 95.1 Å². The average molecular weight is 731 g/mol. The summed E-state index contributed by atoms with van der Waals surface area (Å²) in [7, 11) is 0. The molecule has 0 bridgehead atoms. The SMILES string of the molecule is CC(C)COc1cc(F)cc(C(=O)NC[C@@H](N)C(=O)O)c1.CC(C)COc1cc(F)cc(C(=O)NC[C@@H](NC(=O)OCc2ccccc2)C(=O)O)c1. The number of benzene rings is 3. The van der Waals surface area contributed by atoms with E-state index >= 15 is 0 Å². The Morgan fingerprint density at radius 1 is 0.712 bits per heavy atom. The van der Waals surface area contributed by atoms with Crippen LogP contribution in [0.2, 0.25) is 0 Å². The van der Waals surface area contributed by atoms with Gasteiger partial charge in [0.1, 0.15) is 41.8 Å². The zero-order valence-corrected chi connectivity index (χ0v) is 29.2. The number of hydrogen-bond donors (Lipinski definition) is 6. The van der Waals surface area contributed by atoms with E-state index in [0.717, 1.165) is 23.8 Å². The van der Waals surface area contributed by atoms with Crippen LogP contribution in [0.3, 0.4) is 0 Å². The summed E-state index contributed by atoms with van der Waals surface area (Å²) in [5.74, 6) is -4.27. The molecule has 0 aliphatic rings. The fourth-order valence-electron chi connectivity index (χ4n) is 3.88. The molecule has 0 unspecified atom stereocenters. The Bertz CT molecular complexity index is 1660. The summed E-state index contributed by atoms with van der Waals surface area (Å²) in [6, 6.07) is 13.4. The molecule has 0 radical (unpaired) electrons. The lowest BCUT2D eigenvalue weighted by molar-refractivity contribution is -0.139. The molecule has 0 heterocycles. The molecule has 16 heteroatoms. The van der Waals surface area contributed by atoms with Gasteiger partial charge < -0.3 is 46.1 Å². The third-order valence-electron chi connectivity index (χ3n) is 6.50. The van der Waals surface area contributed by atoms with Crippen molar-refractivity contribution in [2.45, 2.75) is 46.4 Å². The van der Waals surface area contributed by atoms with Gasteiger partial charge >= 0.3 is 18.0 Å². The molecule has 0 aliphatic heterocycles. The summed E-state index contributed by atoms with van der Waals surface area (Å²) in [6.45, 7) is 7.79. The largest absolute Gasteiger partial charge is 0.493 e. The van der Waals surface area contributed by atoms with E-state index in [0.29, 0.717) is 13.2 Å². The van der Waals surface area contributed by atoms with Gasteiger partial charge in [-0.05, 0) is 41.7 Å². The second-order valence-corrected chi connectivity index (χ2v) is 12.2. The number of halogens is 2. The molecule has 282 valence electrons. The van der Waals surface area contributed by atoms with Gasteiger partial charge in [-0.15, -0.1) is 0 Å². The molecule has 0 saturated carbocycles. The monoisotopic (exact) mass is 730 g/mol. The highest BCUT2D eigenvalue weighted by molar-refractivity contribution is 5.95. The topological polar surface area (TPSA) is 216 Å². The van der Waals surface area contributed by atoms with Crippen LogP contribution in [0.5, 0.6) is 11.5 Å². The third-order valence-corrected chi connectivity index (χ3v) is 6.50. The van der Waals surface area contributed by atoms with Crippen LogP contribution < -0.4 is 31.2 Å². The molecule has 3 rings (SSSR count). The molecule has 3 aromatic rings. The third kappa shape index (κ3) is 16.3. The van der Waals surface area contributed by atoms with Gasteiger partial charge in [0.05, 0.1) is 13.2 Å². The maximum atomic E-state index is 13.8. The number of rotatable bonds is 17. The van der Waals surface area contributed by atoms with Crippen molar-refractivity contribution < 1.29 is 57.2 Å². The zero-order chi connectivity index (χ0) is 38.8. The minimum atomic E-state index is -1.43. The summed E-state index contributed by atoms with van der Waals surface area (Å²) < 4.78 is 43.1. The molecule has 0 aliphatic carbocycles. The van der Waals surface area contributed by atoms with E-state index in [9.17, 15) is 37.9 Å². The number of carbonyl (C=O) groups excluding carboxylic acids is 3. The van der Waals surface area contributed by atoms with Gasteiger partial charge in [-0.2, -0.15) is 0 Å². The summed E-state index contributed by atoms with van der Waals surface area (Å²) in [6.07, 6.45) is -0.944. The smallest absolute Gasteiger partial charge is 0.408 e. The van der Waals surface area contributed by atoms with Crippen LogP contribution in [0, 0.1) is 23.5 Å². The number of amides is 3. The van der Waals surface area contributed by atoms with E-state index < -0.39 is 60.1 Å². The number of carboxylic acids is 2. The lowest BCUT2D eigenvalue weighted by atomic mass is 10.2. The Labute approximate surface area is 299 Å². The standard InChI is InChI=1S/C22H25FN2O6.C14H19FN2O4/c1-14(2)12-30-18-9-16(8-17(23)10-18)20(26)24-11-19(21(27)28)25-22(29)31-13-15-6-4-3-5-7-15;1-8(2)7-21-11-4-9(3-10(15)5-11)13(18)17-6-12(16)14(19)20/h3-10,14,19H,11-13H2,1-2H3,(H,24,26)(H,25,29)(H,27,28);3-5,8,12H,6-7,16H2,1-2H3,(H,17,18)(H,19,20)/t19-;12-/m11/s1. The van der Waals surface area contributed by atoms with Crippen molar-refractivity contribution in [3.8, 4) is 11.5 Å². The molecule has 52 heavy (non-hydrogen) atoms. The first kappa shape index (κ1) is 42.4. The van der Waals surface area contributed by atoms with Gasteiger partial charge in [0.15, 0.2) is 0 Å². The molecule has 3 amide bonds. The van der Waals surface area contributed by atoms with Crippen molar-refractivity contribution in [3.63, 3.8) is 0 Å². The van der Waals surface area contributed by atoms with Crippen LogP contribution in [0.25, 0.3) is 0 Å². The number of carboxylic acid groups (broad SMARTS) is 2. The van der Waals surface area contributed by atoms with E-state index in [1.54, 1.807) is 24.3 Å². The molecule has 3 aromatic carbocycles. The summed E-state index contributed by atoms with van der Waals surface area (Å²) in [5, 5.41) is 24.8. The van der Waals surface area contributed by atoms with Gasteiger partial charge in [-0.25, -0.2) is 18.4 Å². The van der Waals surface area contributed by atoms with E-state index in [1.165, 1.54) is 18.2 Å². The quantitative estimate of drug-likeness (QED) is 0.117. The lowest BCUT2D eigenvalue weighted by Crippen LogP contribution is -2.48. The first-order valence-corrected chi connectivity index (χ1v) is 16.2. The van der Waals surface area contributed by atoms with Crippen LogP contribution in [-0.4, -0.2) is 78.4 Å². The minimum absolute atomic E-state index is 0.0328. The van der Waals surface area contributed by atoms with Crippen LogP contribution in [0.15, 0.2) is 66.7 Å². The van der Waals surface area contributed by atoms with Crippen molar-refractivity contribution in [2.75, 3.05) is 26.3 Å². The predicted octanol–water partition coefficient (Wildman–Crippen LogP) is 3.97. The fourth-order valence-corrected chi connectivity index (χ4v) is 3.88. The van der Waals surface area contributed by atoms with Gasteiger partial charge in [0, 0.05) is 36.3 Å². The molecular formula is C36H44F2N4O10. The summed E-state index contributed by atoms with van der Waals surface area (Å²) in [4.78, 5) is 58.0. The number of hydrogen-bond acceptors (Lipinski definition) is 9. The van der Waals surface area contributed by atoms with Crippen LogP contribution in [-0.2, 0) is 20.9 Å². The van der Waals surface area contributed by atoms with Gasteiger partial charge in [-0.3, -0.25) is 14.4 Å². The highest BCUT2D eigenvalue weighted by Gasteiger charge is 2.22. The zero-order valence-electron chi connectivity index (χ0n) is 29.2. The van der Waals surface area contributed by atoms with Crippen molar-refractivity contribution in [1.82, 2.24) is 16.0 Å². The predicted molar refractivity (Wildman–Crippen MR) is 185 cm³/mol. The Morgan fingerprint density at radius 2 is 1.19 bits per heavy atom. The Balaban J connectivity index is 0.000000389. The molecule has 0 aromatic heterocycles. The second-order valence-electron chi connectivity index (χ2n) is 12.2. The Morgan fingerprint density at radius 3 is 1.63 bits per heavy atom. The first-order chi connectivity index (χ1) is 24.5. The van der Waals surface area contributed by atoms with E-state index in [1.807, 2.05) is 33.8 Å². The molecule has 14 nitrogen and oxygen atoms in total. The van der Waals surface area contributed by atoms with E-state index in [2.05, 4.69) is 16.0 Å². The molecule has 0 fully saturated rings. The number of nitrogens with one attached hydrogen (secondary N) is 3. The van der Waals surface area contributed by atoms with Crippen LogP contribution in [0.4, 0.5) is 13.6 Å². The Kier molecular flexibility index (Phi) is 17.5. The molecular weight excluding hydrogens is 686 g/mol. The highest BCUT2D eigenvalue weighted by Crippen LogP contribution is 2.18. The number of carbonyl (C=O) groups is 5. The minimum Gasteiger partial charge on any atom is -0.493 e. The van der Waals surface area contributed by atoms with Gasteiger partial charge in [0.25, 0.3) is 11.8 Å². The number of aliphatic carboxylic acids is 2. The van der Waals surface area contributed by atoms with Crippen LogP contribution >= 0.6 is 0 Å². The normalized spacial score (nSPS) is 11.7. The van der Waals surface area contributed by atoms with Crippen LogP contribution in [0.1, 0.15) is 54.0 Å². The molecule has 7 N–H and O–H groups in total. The average Bonchev–Trinajstić information content (AvgIpc) is 3.09. The van der Waals surface area contributed by atoms with Crippen molar-refractivity contribution in [2.24, 2.45) is 17.6 Å².